The fourth-order valence-corrected chi connectivity index (χ4v) is 1.59. The Hall–Kier alpha value is -1.40. The Morgan fingerprint density at radius 2 is 2.00 bits per heavy atom. The Labute approximate surface area is 95.2 Å². The second kappa shape index (κ2) is 5.09. The Balaban J connectivity index is 1.93. The molecule has 1 aliphatic rings. The Bertz CT molecular complexity index is 338. The van der Waals surface area contributed by atoms with Crippen molar-refractivity contribution in [2.45, 2.75) is 0 Å². The van der Waals surface area contributed by atoms with E-state index >= 15 is 0 Å². The van der Waals surface area contributed by atoms with Gasteiger partial charge in [-0.1, -0.05) is 0 Å². The van der Waals surface area contributed by atoms with Gasteiger partial charge in [0.25, 0.3) is 0 Å². The number of hydrogen-bond acceptors (Lipinski definition) is 6. The van der Waals surface area contributed by atoms with E-state index in [0.29, 0.717) is 5.88 Å². The van der Waals surface area contributed by atoms with Crippen LogP contribution < -0.4 is 10.2 Å². The maximum Gasteiger partial charge on any atom is 0.218 e. The van der Waals surface area contributed by atoms with Crippen molar-refractivity contribution in [1.29, 1.82) is 0 Å². The number of likely N-dealkylation sites (N-methyl/N-ethyl adjacent to an activating group) is 1. The molecule has 0 bridgehead atoms. The van der Waals surface area contributed by atoms with Crippen molar-refractivity contribution in [3.63, 3.8) is 0 Å². The highest BCUT2D eigenvalue weighted by molar-refractivity contribution is 5.35. The van der Waals surface area contributed by atoms with Crippen LogP contribution >= 0.6 is 0 Å². The number of piperazine rings is 1. The Morgan fingerprint density at radius 3 is 2.69 bits per heavy atom. The number of methoxy groups -OCH3 is 1. The summed E-state index contributed by atoms with van der Waals surface area (Å²) in [5.41, 5.74) is 3.25. The first-order valence-corrected chi connectivity index (χ1v) is 5.34. The number of ether oxygens (including phenoxy) is 1. The molecule has 2 heterocycles. The third-order valence-electron chi connectivity index (χ3n) is 2.63. The summed E-state index contributed by atoms with van der Waals surface area (Å²) < 4.78 is 5.04. The minimum Gasteiger partial charge on any atom is -0.481 e. The van der Waals surface area contributed by atoms with Crippen LogP contribution in [0.1, 0.15) is 0 Å². The second-order valence-electron chi connectivity index (χ2n) is 3.85. The normalized spacial score (nSPS) is 18.4. The lowest BCUT2D eigenvalue weighted by atomic mass is 10.4. The smallest absolute Gasteiger partial charge is 0.218 e. The molecule has 88 valence electrons. The number of rotatable bonds is 3. The molecule has 0 spiro atoms. The van der Waals surface area contributed by atoms with Gasteiger partial charge in [0.2, 0.25) is 5.88 Å². The molecule has 2 rings (SSSR count). The van der Waals surface area contributed by atoms with Crippen LogP contribution in [0, 0.1) is 0 Å². The maximum atomic E-state index is 5.04. The summed E-state index contributed by atoms with van der Waals surface area (Å²) in [7, 11) is 3.73. The quantitative estimate of drug-likeness (QED) is 0.782. The van der Waals surface area contributed by atoms with E-state index in [4.69, 9.17) is 4.74 Å². The standard InChI is InChI=1S/C10H17N5O/c1-14-3-5-15(6-4-14)13-9-7-10(16-2)12-8-11-9/h7-8H,3-6H2,1-2H3,(H,11,12,13). The van der Waals surface area contributed by atoms with Gasteiger partial charge in [-0.05, 0) is 7.05 Å². The molecular formula is C10H17N5O. The second-order valence-corrected chi connectivity index (χ2v) is 3.85. The summed E-state index contributed by atoms with van der Waals surface area (Å²) in [5, 5.41) is 2.15. The fourth-order valence-electron chi connectivity index (χ4n) is 1.59. The van der Waals surface area contributed by atoms with E-state index < -0.39 is 0 Å². The monoisotopic (exact) mass is 223 g/mol. The minimum absolute atomic E-state index is 0.576. The molecule has 1 saturated heterocycles. The van der Waals surface area contributed by atoms with Crippen molar-refractivity contribution in [2.24, 2.45) is 0 Å². The Kier molecular flexibility index (Phi) is 3.53. The summed E-state index contributed by atoms with van der Waals surface area (Å²) in [5.74, 6) is 1.35. The van der Waals surface area contributed by atoms with Crippen LogP contribution in [0.4, 0.5) is 5.82 Å². The zero-order valence-corrected chi connectivity index (χ0v) is 9.68. The molecule has 16 heavy (non-hydrogen) atoms. The van der Waals surface area contributed by atoms with Crippen molar-refractivity contribution in [3.05, 3.63) is 12.4 Å². The highest BCUT2D eigenvalue weighted by atomic mass is 16.5. The summed E-state index contributed by atoms with van der Waals surface area (Å²) >= 11 is 0. The van der Waals surface area contributed by atoms with Crippen molar-refractivity contribution >= 4 is 5.82 Å². The van der Waals surface area contributed by atoms with Gasteiger partial charge in [0.15, 0.2) is 0 Å². The molecule has 0 radical (unpaired) electrons. The molecule has 1 N–H and O–H groups in total. The van der Waals surface area contributed by atoms with Crippen LogP contribution in [-0.2, 0) is 0 Å². The SMILES string of the molecule is COc1cc(NN2CCN(C)CC2)ncn1. The molecular weight excluding hydrogens is 206 g/mol. The third kappa shape index (κ3) is 2.80. The molecule has 1 aliphatic heterocycles. The third-order valence-corrected chi connectivity index (χ3v) is 2.63. The number of anilines is 1. The zero-order chi connectivity index (χ0) is 11.4. The van der Waals surface area contributed by atoms with E-state index in [0.717, 1.165) is 32.0 Å². The average molecular weight is 223 g/mol. The van der Waals surface area contributed by atoms with Gasteiger partial charge >= 0.3 is 0 Å². The van der Waals surface area contributed by atoms with Crippen LogP contribution in [0.15, 0.2) is 12.4 Å². The Morgan fingerprint density at radius 1 is 1.25 bits per heavy atom. The first kappa shape index (κ1) is 11.1. The number of aromatic nitrogens is 2. The summed E-state index contributed by atoms with van der Waals surface area (Å²) in [4.78, 5) is 10.4. The van der Waals surface area contributed by atoms with E-state index in [2.05, 4.69) is 32.4 Å². The molecule has 0 aromatic carbocycles. The lowest BCUT2D eigenvalue weighted by molar-refractivity contribution is 0.178. The van der Waals surface area contributed by atoms with E-state index in [9.17, 15) is 0 Å². The molecule has 1 fully saturated rings. The predicted molar refractivity (Wildman–Crippen MR) is 61.3 cm³/mol. The van der Waals surface area contributed by atoms with E-state index in [1.165, 1.54) is 6.33 Å². The number of nitrogens with one attached hydrogen (secondary N) is 1. The molecule has 1 aromatic rings. The lowest BCUT2D eigenvalue weighted by Gasteiger charge is -2.32. The average Bonchev–Trinajstić information content (AvgIpc) is 2.32. The van der Waals surface area contributed by atoms with Gasteiger partial charge in [0, 0.05) is 32.2 Å². The highest BCUT2D eigenvalue weighted by Crippen LogP contribution is 2.11. The molecule has 0 atom stereocenters. The van der Waals surface area contributed by atoms with E-state index in [1.54, 1.807) is 13.2 Å². The number of hydrazine groups is 1. The van der Waals surface area contributed by atoms with E-state index in [1.807, 2.05) is 0 Å². The van der Waals surface area contributed by atoms with Gasteiger partial charge in [0.05, 0.1) is 7.11 Å². The van der Waals surface area contributed by atoms with Gasteiger partial charge in [-0.15, -0.1) is 0 Å². The van der Waals surface area contributed by atoms with Crippen LogP contribution in [-0.4, -0.2) is 60.2 Å². The van der Waals surface area contributed by atoms with Gasteiger partial charge in [-0.2, -0.15) is 0 Å². The number of hydrogen-bond donors (Lipinski definition) is 1. The van der Waals surface area contributed by atoms with Gasteiger partial charge in [-0.3, -0.25) is 0 Å². The van der Waals surface area contributed by atoms with Crippen LogP contribution in [0.5, 0.6) is 5.88 Å². The fraction of sp³-hybridized carbons (Fsp3) is 0.600. The van der Waals surface area contributed by atoms with Crippen molar-refractivity contribution < 1.29 is 4.74 Å². The zero-order valence-electron chi connectivity index (χ0n) is 9.68. The highest BCUT2D eigenvalue weighted by Gasteiger charge is 2.13. The first-order chi connectivity index (χ1) is 7.78. The summed E-state index contributed by atoms with van der Waals surface area (Å²) in [6, 6.07) is 1.79. The van der Waals surface area contributed by atoms with Gasteiger partial charge in [-0.25, -0.2) is 15.0 Å². The summed E-state index contributed by atoms with van der Waals surface area (Å²) in [6.45, 7) is 4.11. The largest absolute Gasteiger partial charge is 0.481 e. The number of nitrogens with zero attached hydrogens (tertiary/aromatic N) is 4. The van der Waals surface area contributed by atoms with E-state index in [-0.39, 0.29) is 0 Å². The minimum atomic E-state index is 0.576. The molecule has 0 aliphatic carbocycles. The van der Waals surface area contributed by atoms with Crippen LogP contribution in [0.2, 0.25) is 0 Å². The first-order valence-electron chi connectivity index (χ1n) is 5.34. The molecule has 0 saturated carbocycles. The summed E-state index contributed by atoms with van der Waals surface area (Å²) in [6.07, 6.45) is 1.50. The molecule has 0 amide bonds. The molecule has 6 heteroatoms. The van der Waals surface area contributed by atoms with Crippen molar-refractivity contribution in [3.8, 4) is 5.88 Å². The van der Waals surface area contributed by atoms with Crippen LogP contribution in [0.25, 0.3) is 0 Å². The maximum absolute atomic E-state index is 5.04. The van der Waals surface area contributed by atoms with Crippen molar-refractivity contribution in [1.82, 2.24) is 19.9 Å². The molecule has 1 aromatic heterocycles. The lowest BCUT2D eigenvalue weighted by Crippen LogP contribution is -2.47. The van der Waals surface area contributed by atoms with Gasteiger partial charge < -0.3 is 15.1 Å². The molecule has 0 unspecified atom stereocenters. The predicted octanol–water partition coefficient (Wildman–Crippen LogP) is 0.0595. The van der Waals surface area contributed by atoms with Crippen molar-refractivity contribution in [2.75, 3.05) is 45.8 Å². The van der Waals surface area contributed by atoms with Crippen LogP contribution in [0.3, 0.4) is 0 Å². The van der Waals surface area contributed by atoms with Gasteiger partial charge in [0.1, 0.15) is 12.1 Å². The molecule has 6 nitrogen and oxygen atoms in total. The topological polar surface area (TPSA) is 53.5 Å².